The predicted molar refractivity (Wildman–Crippen MR) is 37.2 cm³/mol. The largest absolute Gasteiger partial charge is 0.381 e. The molecule has 1 aromatic heterocycles. The van der Waals surface area contributed by atoms with Gasteiger partial charge in [-0.2, -0.15) is 9.90 Å². The Morgan fingerprint density at radius 2 is 2.50 bits per heavy atom. The Labute approximate surface area is 59.0 Å². The highest BCUT2D eigenvalue weighted by molar-refractivity contribution is 5.19. The van der Waals surface area contributed by atoms with Gasteiger partial charge in [0.05, 0.1) is 12.7 Å². The molecule has 2 rings (SSSR count). The lowest BCUT2D eigenvalue weighted by Crippen LogP contribution is -2.03. The highest BCUT2D eigenvalue weighted by Gasteiger charge is 2.22. The van der Waals surface area contributed by atoms with E-state index in [0.717, 1.165) is 12.5 Å². The Morgan fingerprint density at radius 1 is 1.70 bits per heavy atom. The molecule has 0 amide bonds. The van der Waals surface area contributed by atoms with Gasteiger partial charge in [0, 0.05) is 0 Å². The maximum Gasteiger partial charge on any atom is 0.165 e. The zero-order valence-electron chi connectivity index (χ0n) is 5.70. The van der Waals surface area contributed by atoms with Crippen LogP contribution in [0, 0.1) is 5.92 Å². The fraction of sp³-hybridized carbons (Fsp3) is 0.667. The van der Waals surface area contributed by atoms with E-state index in [2.05, 4.69) is 10.2 Å². The van der Waals surface area contributed by atoms with Crippen LogP contribution in [-0.2, 0) is 6.54 Å². The molecule has 0 radical (unpaired) electrons. The van der Waals surface area contributed by atoms with Crippen molar-refractivity contribution >= 4 is 5.82 Å². The first-order chi connectivity index (χ1) is 4.84. The van der Waals surface area contributed by atoms with Crippen LogP contribution in [0.2, 0.25) is 0 Å². The fourth-order valence-electron chi connectivity index (χ4n) is 0.930. The van der Waals surface area contributed by atoms with Crippen LogP contribution < -0.4 is 5.73 Å². The van der Waals surface area contributed by atoms with Crippen molar-refractivity contribution in [1.29, 1.82) is 0 Å². The highest BCUT2D eigenvalue weighted by Crippen LogP contribution is 2.29. The molecule has 0 unspecified atom stereocenters. The Balaban J connectivity index is 2.03. The normalized spacial score (nSPS) is 17.6. The molecular formula is C6H10N4. The molecule has 1 fully saturated rings. The maximum absolute atomic E-state index is 5.38. The molecule has 1 aliphatic carbocycles. The Kier molecular flexibility index (Phi) is 1.12. The van der Waals surface area contributed by atoms with Crippen LogP contribution in [0.3, 0.4) is 0 Å². The van der Waals surface area contributed by atoms with Gasteiger partial charge in [0.25, 0.3) is 0 Å². The van der Waals surface area contributed by atoms with Crippen molar-refractivity contribution < 1.29 is 0 Å². The van der Waals surface area contributed by atoms with E-state index in [1.165, 1.54) is 12.8 Å². The second-order valence-corrected chi connectivity index (χ2v) is 2.77. The summed E-state index contributed by atoms with van der Waals surface area (Å²) in [5.74, 6) is 1.33. The van der Waals surface area contributed by atoms with E-state index in [9.17, 15) is 0 Å². The summed E-state index contributed by atoms with van der Waals surface area (Å²) in [4.78, 5) is 1.67. The first-order valence-electron chi connectivity index (χ1n) is 3.50. The number of hydrogen-bond acceptors (Lipinski definition) is 3. The number of nitrogen functional groups attached to an aromatic ring is 1. The molecule has 54 valence electrons. The number of nitrogens with two attached hydrogens (primary N) is 1. The molecule has 1 aliphatic rings. The summed E-state index contributed by atoms with van der Waals surface area (Å²) in [6.07, 6.45) is 4.23. The van der Waals surface area contributed by atoms with E-state index in [4.69, 9.17) is 5.73 Å². The molecule has 4 heteroatoms. The van der Waals surface area contributed by atoms with Crippen LogP contribution in [0.1, 0.15) is 12.8 Å². The third-order valence-corrected chi connectivity index (χ3v) is 1.67. The second-order valence-electron chi connectivity index (χ2n) is 2.77. The number of aromatic nitrogens is 3. The number of rotatable bonds is 2. The minimum Gasteiger partial charge on any atom is -0.381 e. The van der Waals surface area contributed by atoms with Crippen LogP contribution in [0.15, 0.2) is 6.20 Å². The van der Waals surface area contributed by atoms with Crippen LogP contribution in [0.25, 0.3) is 0 Å². The first-order valence-corrected chi connectivity index (χ1v) is 3.50. The van der Waals surface area contributed by atoms with Crippen LogP contribution in [0.5, 0.6) is 0 Å². The van der Waals surface area contributed by atoms with E-state index >= 15 is 0 Å². The predicted octanol–water partition coefficient (Wildman–Crippen LogP) is 0.270. The summed E-state index contributed by atoms with van der Waals surface area (Å²) in [6, 6.07) is 0. The number of anilines is 1. The average molecular weight is 138 g/mol. The highest BCUT2D eigenvalue weighted by atomic mass is 15.5. The van der Waals surface area contributed by atoms with Crippen molar-refractivity contribution in [2.24, 2.45) is 5.92 Å². The summed E-state index contributed by atoms with van der Waals surface area (Å²) in [6.45, 7) is 0.942. The molecule has 0 bridgehead atoms. The summed E-state index contributed by atoms with van der Waals surface area (Å²) in [5.41, 5.74) is 5.38. The van der Waals surface area contributed by atoms with E-state index in [-0.39, 0.29) is 0 Å². The average Bonchev–Trinajstić information content (AvgIpc) is 2.59. The Bertz CT molecular complexity index is 225. The lowest BCUT2D eigenvalue weighted by Gasteiger charge is -1.93. The van der Waals surface area contributed by atoms with Crippen LogP contribution in [0.4, 0.5) is 5.82 Å². The van der Waals surface area contributed by atoms with Gasteiger partial charge in [0.2, 0.25) is 0 Å². The molecule has 1 aromatic rings. The minimum absolute atomic E-state index is 0.514. The van der Waals surface area contributed by atoms with Gasteiger partial charge in [-0.25, -0.2) is 0 Å². The third kappa shape index (κ3) is 1.10. The lowest BCUT2D eigenvalue weighted by molar-refractivity contribution is 0.499. The van der Waals surface area contributed by atoms with Crippen molar-refractivity contribution in [1.82, 2.24) is 15.0 Å². The number of hydrogen-bond donors (Lipinski definition) is 1. The van der Waals surface area contributed by atoms with E-state index in [1.807, 2.05) is 0 Å². The molecule has 0 saturated heterocycles. The third-order valence-electron chi connectivity index (χ3n) is 1.67. The molecule has 1 heterocycles. The van der Waals surface area contributed by atoms with Crippen molar-refractivity contribution in [3.63, 3.8) is 0 Å². The molecule has 10 heavy (non-hydrogen) atoms. The first kappa shape index (κ1) is 5.70. The Hall–Kier alpha value is -1.06. The van der Waals surface area contributed by atoms with Gasteiger partial charge >= 0.3 is 0 Å². The summed E-state index contributed by atoms with van der Waals surface area (Å²) in [7, 11) is 0. The smallest absolute Gasteiger partial charge is 0.165 e. The van der Waals surface area contributed by atoms with Gasteiger partial charge in [-0.05, 0) is 18.8 Å². The van der Waals surface area contributed by atoms with Gasteiger partial charge < -0.3 is 5.73 Å². The second kappa shape index (κ2) is 1.97. The zero-order valence-corrected chi connectivity index (χ0v) is 5.70. The van der Waals surface area contributed by atoms with Gasteiger partial charge in [-0.1, -0.05) is 0 Å². The molecule has 1 saturated carbocycles. The standard InChI is InChI=1S/C6H10N4/c7-6-3-8-10(9-6)4-5-1-2-5/h3,5H,1-2,4H2,(H2,7,9). The summed E-state index contributed by atoms with van der Waals surface area (Å²) >= 11 is 0. The fourth-order valence-corrected chi connectivity index (χ4v) is 0.930. The minimum atomic E-state index is 0.514. The zero-order chi connectivity index (χ0) is 6.97. The summed E-state index contributed by atoms with van der Waals surface area (Å²) < 4.78 is 0. The quantitative estimate of drug-likeness (QED) is 0.638. The maximum atomic E-state index is 5.38. The van der Waals surface area contributed by atoms with Gasteiger partial charge in [-0.3, -0.25) is 0 Å². The SMILES string of the molecule is Nc1cnn(CC2CC2)n1. The van der Waals surface area contributed by atoms with Crippen LogP contribution in [-0.4, -0.2) is 15.0 Å². The summed E-state index contributed by atoms with van der Waals surface area (Å²) in [5, 5.41) is 7.95. The van der Waals surface area contributed by atoms with Crippen molar-refractivity contribution in [3.8, 4) is 0 Å². The van der Waals surface area contributed by atoms with E-state index < -0.39 is 0 Å². The van der Waals surface area contributed by atoms with Crippen molar-refractivity contribution in [2.45, 2.75) is 19.4 Å². The monoisotopic (exact) mass is 138 g/mol. The lowest BCUT2D eigenvalue weighted by atomic mass is 10.4. The van der Waals surface area contributed by atoms with Crippen LogP contribution >= 0.6 is 0 Å². The number of nitrogens with zero attached hydrogens (tertiary/aromatic N) is 3. The van der Waals surface area contributed by atoms with Crippen molar-refractivity contribution in [2.75, 3.05) is 5.73 Å². The van der Waals surface area contributed by atoms with Gasteiger partial charge in [0.15, 0.2) is 5.82 Å². The van der Waals surface area contributed by atoms with Gasteiger partial charge in [0.1, 0.15) is 0 Å². The molecule has 0 spiro atoms. The molecule has 4 nitrogen and oxygen atoms in total. The van der Waals surface area contributed by atoms with Crippen molar-refractivity contribution in [3.05, 3.63) is 6.20 Å². The molecule has 0 aromatic carbocycles. The topological polar surface area (TPSA) is 56.7 Å². The molecular weight excluding hydrogens is 128 g/mol. The van der Waals surface area contributed by atoms with E-state index in [1.54, 1.807) is 11.0 Å². The van der Waals surface area contributed by atoms with E-state index in [0.29, 0.717) is 5.82 Å². The van der Waals surface area contributed by atoms with Gasteiger partial charge in [-0.15, -0.1) is 5.10 Å². The Morgan fingerprint density at radius 3 is 3.00 bits per heavy atom. The molecule has 2 N–H and O–H groups in total. The molecule has 0 atom stereocenters. The molecule has 0 aliphatic heterocycles.